The Morgan fingerprint density at radius 3 is 2.62 bits per heavy atom. The summed E-state index contributed by atoms with van der Waals surface area (Å²) in [6.45, 7) is 1.54. The van der Waals surface area contributed by atoms with Crippen LogP contribution in [0.1, 0.15) is 86.4 Å². The summed E-state index contributed by atoms with van der Waals surface area (Å²) in [6, 6.07) is 2.81. The molecular weight excluding hydrogens is 368 g/mol. The SMILES string of the molecule is O=C(NC1CC(CNC(=O)C2CCCCC2)N(C2CC2)C1)c1cc(C2CC2)on1. The van der Waals surface area contributed by atoms with Crippen molar-refractivity contribution < 1.29 is 14.1 Å². The van der Waals surface area contributed by atoms with Crippen molar-refractivity contribution in [2.75, 3.05) is 13.1 Å². The number of hydrogen-bond donors (Lipinski definition) is 2. The third kappa shape index (κ3) is 4.49. The minimum atomic E-state index is -0.145. The van der Waals surface area contributed by atoms with Gasteiger partial charge in [-0.25, -0.2) is 0 Å². The number of nitrogens with one attached hydrogen (secondary N) is 2. The zero-order chi connectivity index (χ0) is 19.8. The van der Waals surface area contributed by atoms with Gasteiger partial charge < -0.3 is 15.2 Å². The van der Waals surface area contributed by atoms with Crippen LogP contribution >= 0.6 is 0 Å². The summed E-state index contributed by atoms with van der Waals surface area (Å²) < 4.78 is 5.32. The predicted molar refractivity (Wildman–Crippen MR) is 107 cm³/mol. The Morgan fingerprint density at radius 2 is 1.90 bits per heavy atom. The highest BCUT2D eigenvalue weighted by Gasteiger charge is 2.41. The first-order valence-electron chi connectivity index (χ1n) is 11.5. The van der Waals surface area contributed by atoms with Crippen LogP contribution < -0.4 is 10.6 Å². The van der Waals surface area contributed by atoms with Gasteiger partial charge in [0.05, 0.1) is 0 Å². The van der Waals surface area contributed by atoms with Crippen LogP contribution in [0.3, 0.4) is 0 Å². The van der Waals surface area contributed by atoms with Crippen LogP contribution in [0.5, 0.6) is 0 Å². The van der Waals surface area contributed by atoms with Crippen LogP contribution in [0.2, 0.25) is 0 Å². The van der Waals surface area contributed by atoms with Crippen LogP contribution in [0, 0.1) is 5.92 Å². The van der Waals surface area contributed by atoms with Gasteiger partial charge in [0, 0.05) is 49.1 Å². The van der Waals surface area contributed by atoms with Crippen molar-refractivity contribution in [1.29, 1.82) is 0 Å². The number of aromatic nitrogens is 1. The molecule has 0 spiro atoms. The van der Waals surface area contributed by atoms with Crippen molar-refractivity contribution in [2.45, 2.75) is 88.3 Å². The van der Waals surface area contributed by atoms with Gasteiger partial charge in [0.2, 0.25) is 5.91 Å². The molecule has 1 aromatic heterocycles. The van der Waals surface area contributed by atoms with Crippen molar-refractivity contribution in [3.8, 4) is 0 Å². The lowest BCUT2D eigenvalue weighted by Crippen LogP contribution is -2.43. The van der Waals surface area contributed by atoms with Crippen LogP contribution in [0.25, 0.3) is 0 Å². The highest BCUT2D eigenvalue weighted by Crippen LogP contribution is 2.40. The first-order valence-corrected chi connectivity index (χ1v) is 11.5. The molecule has 0 radical (unpaired) electrons. The lowest BCUT2D eigenvalue weighted by Gasteiger charge is -2.26. The summed E-state index contributed by atoms with van der Waals surface area (Å²) in [4.78, 5) is 27.6. The summed E-state index contributed by atoms with van der Waals surface area (Å²) in [5.41, 5.74) is 0.388. The molecule has 29 heavy (non-hydrogen) atoms. The number of likely N-dealkylation sites (tertiary alicyclic amines) is 1. The molecule has 2 N–H and O–H groups in total. The zero-order valence-electron chi connectivity index (χ0n) is 17.1. The van der Waals surface area contributed by atoms with E-state index in [-0.39, 0.29) is 23.8 Å². The second-order valence-electron chi connectivity index (χ2n) is 9.46. The number of hydrogen-bond acceptors (Lipinski definition) is 5. The molecule has 7 heteroatoms. The molecular formula is C22H32N4O3. The van der Waals surface area contributed by atoms with Crippen molar-refractivity contribution in [3.63, 3.8) is 0 Å². The lowest BCUT2D eigenvalue weighted by atomic mass is 9.88. The second kappa shape index (κ2) is 8.09. The van der Waals surface area contributed by atoms with E-state index >= 15 is 0 Å². The van der Waals surface area contributed by atoms with Gasteiger partial charge in [0.1, 0.15) is 5.76 Å². The molecule has 5 rings (SSSR count). The van der Waals surface area contributed by atoms with E-state index in [1.807, 2.05) is 0 Å². The Balaban J connectivity index is 1.14. The molecule has 3 saturated carbocycles. The Bertz CT molecular complexity index is 749. The van der Waals surface area contributed by atoms with Gasteiger partial charge in [-0.05, 0) is 44.9 Å². The van der Waals surface area contributed by atoms with E-state index < -0.39 is 0 Å². The topological polar surface area (TPSA) is 87.5 Å². The minimum absolute atomic E-state index is 0.0979. The molecule has 0 bridgehead atoms. The molecule has 2 amide bonds. The maximum absolute atomic E-state index is 12.6. The minimum Gasteiger partial charge on any atom is -0.360 e. The van der Waals surface area contributed by atoms with E-state index in [9.17, 15) is 9.59 Å². The van der Waals surface area contributed by atoms with Crippen molar-refractivity contribution in [2.24, 2.45) is 5.92 Å². The Labute approximate surface area is 171 Å². The van der Waals surface area contributed by atoms with Gasteiger partial charge >= 0.3 is 0 Å². The van der Waals surface area contributed by atoms with Gasteiger partial charge in [-0.15, -0.1) is 0 Å². The van der Waals surface area contributed by atoms with Crippen molar-refractivity contribution in [3.05, 3.63) is 17.5 Å². The highest BCUT2D eigenvalue weighted by molar-refractivity contribution is 5.92. The molecule has 1 saturated heterocycles. The second-order valence-corrected chi connectivity index (χ2v) is 9.46. The molecule has 2 atom stereocenters. The Kier molecular flexibility index (Phi) is 5.33. The van der Waals surface area contributed by atoms with E-state index in [0.717, 1.165) is 44.4 Å². The molecule has 1 aliphatic heterocycles. The van der Waals surface area contributed by atoms with E-state index in [4.69, 9.17) is 4.52 Å². The van der Waals surface area contributed by atoms with Crippen LogP contribution in [0.4, 0.5) is 0 Å². The smallest absolute Gasteiger partial charge is 0.273 e. The van der Waals surface area contributed by atoms with Crippen molar-refractivity contribution >= 4 is 11.8 Å². The number of carbonyl (C=O) groups excluding carboxylic acids is 2. The third-order valence-electron chi connectivity index (χ3n) is 7.04. The maximum Gasteiger partial charge on any atom is 0.273 e. The third-order valence-corrected chi connectivity index (χ3v) is 7.04. The summed E-state index contributed by atoms with van der Waals surface area (Å²) in [7, 11) is 0. The summed E-state index contributed by atoms with van der Waals surface area (Å²) in [5.74, 6) is 1.57. The highest BCUT2D eigenvalue weighted by atomic mass is 16.5. The Hall–Kier alpha value is -1.89. The molecule has 3 aliphatic carbocycles. The molecule has 0 aromatic carbocycles. The van der Waals surface area contributed by atoms with E-state index in [2.05, 4.69) is 20.7 Å². The van der Waals surface area contributed by atoms with Crippen molar-refractivity contribution in [1.82, 2.24) is 20.7 Å². The average Bonchev–Trinajstić information content (AvgIpc) is 3.68. The zero-order valence-corrected chi connectivity index (χ0v) is 17.1. The molecule has 1 aromatic rings. The van der Waals surface area contributed by atoms with Crippen LogP contribution in [-0.4, -0.2) is 53.1 Å². The molecule has 158 valence electrons. The Morgan fingerprint density at radius 1 is 1.10 bits per heavy atom. The summed E-state index contributed by atoms with van der Waals surface area (Å²) in [5, 5.41) is 10.3. The van der Waals surface area contributed by atoms with Gasteiger partial charge in [-0.1, -0.05) is 24.4 Å². The van der Waals surface area contributed by atoms with Crippen LogP contribution in [0.15, 0.2) is 10.6 Å². The van der Waals surface area contributed by atoms with Gasteiger partial charge in [0.15, 0.2) is 5.69 Å². The molecule has 4 aliphatic rings. The fraction of sp³-hybridized carbons (Fsp3) is 0.773. The standard InChI is InChI=1S/C22H32N4O3/c27-21(15-4-2-1-3-5-15)23-12-18-10-16(13-26(18)17-8-9-17)24-22(28)19-11-20(29-25-19)14-6-7-14/h11,14-18H,1-10,12-13H2,(H,23,27)(H,24,28). The normalized spacial score (nSPS) is 28.4. The fourth-order valence-electron chi connectivity index (χ4n) is 5.04. The number of amides is 2. The largest absolute Gasteiger partial charge is 0.360 e. The number of carbonyl (C=O) groups is 2. The molecule has 4 fully saturated rings. The van der Waals surface area contributed by atoms with E-state index in [1.165, 1.54) is 32.1 Å². The van der Waals surface area contributed by atoms with Gasteiger partial charge in [-0.2, -0.15) is 0 Å². The first kappa shape index (κ1) is 19.1. The van der Waals surface area contributed by atoms with Crippen LogP contribution in [-0.2, 0) is 4.79 Å². The van der Waals surface area contributed by atoms with E-state index in [0.29, 0.717) is 30.2 Å². The quantitative estimate of drug-likeness (QED) is 0.735. The predicted octanol–water partition coefficient (Wildman–Crippen LogP) is 2.58. The lowest BCUT2D eigenvalue weighted by molar-refractivity contribution is -0.126. The number of nitrogens with zero attached hydrogens (tertiary/aromatic N) is 2. The van der Waals surface area contributed by atoms with Gasteiger partial charge in [-0.3, -0.25) is 14.5 Å². The maximum atomic E-state index is 12.6. The number of rotatable bonds is 7. The fourth-order valence-corrected chi connectivity index (χ4v) is 5.04. The van der Waals surface area contributed by atoms with Gasteiger partial charge in [0.25, 0.3) is 5.91 Å². The first-order chi connectivity index (χ1) is 14.2. The van der Waals surface area contributed by atoms with E-state index in [1.54, 1.807) is 6.07 Å². The molecule has 2 heterocycles. The average molecular weight is 401 g/mol. The summed E-state index contributed by atoms with van der Waals surface area (Å²) in [6.07, 6.45) is 11.3. The molecule has 2 unspecified atom stereocenters. The molecule has 7 nitrogen and oxygen atoms in total. The monoisotopic (exact) mass is 400 g/mol. The summed E-state index contributed by atoms with van der Waals surface area (Å²) >= 11 is 0.